The van der Waals surface area contributed by atoms with Crippen molar-refractivity contribution in [2.24, 2.45) is 0 Å². The molecule has 0 unspecified atom stereocenters. The molecular formula is C23H27Cl3O5. The van der Waals surface area contributed by atoms with Gasteiger partial charge in [0.25, 0.3) is 0 Å². The Balaban J connectivity index is 2.18. The van der Waals surface area contributed by atoms with E-state index in [4.69, 9.17) is 49.0 Å². The molecule has 0 saturated carbocycles. The number of methoxy groups -OCH3 is 1. The van der Waals surface area contributed by atoms with Crippen LogP contribution in [0.15, 0.2) is 36.4 Å². The van der Waals surface area contributed by atoms with Crippen molar-refractivity contribution >= 4 is 40.6 Å². The third-order valence-corrected chi connectivity index (χ3v) is 5.95. The predicted molar refractivity (Wildman–Crippen MR) is 124 cm³/mol. The predicted octanol–water partition coefficient (Wildman–Crippen LogP) is 5.28. The molecule has 0 amide bonds. The lowest BCUT2D eigenvalue weighted by molar-refractivity contribution is -0.124. The summed E-state index contributed by atoms with van der Waals surface area (Å²) in [6.07, 6.45) is 0. The Morgan fingerprint density at radius 2 is 1.55 bits per heavy atom. The third kappa shape index (κ3) is 6.99. The molecule has 1 N–H and O–H groups in total. The van der Waals surface area contributed by atoms with E-state index in [1.807, 2.05) is 38.1 Å². The van der Waals surface area contributed by atoms with E-state index >= 15 is 0 Å². The van der Waals surface area contributed by atoms with Crippen LogP contribution in [0.2, 0.25) is 10.0 Å². The van der Waals surface area contributed by atoms with E-state index in [-0.39, 0.29) is 31.5 Å². The standard InChI is InChI=1S/C23H27Cl3O5/c1-22(2,15-5-7-18(8-6-15)30-12-17(27)11-29-4)16-9-19(25)21(20(26)10-16)31-14-23(3,28)13-24/h5-10,28H,11-14H2,1-4H3/t23-/m0/s1. The number of ketones is 1. The lowest BCUT2D eigenvalue weighted by Crippen LogP contribution is -2.34. The van der Waals surface area contributed by atoms with Crippen molar-refractivity contribution in [1.82, 2.24) is 0 Å². The third-order valence-electron chi connectivity index (χ3n) is 4.82. The Labute approximate surface area is 198 Å². The molecule has 0 radical (unpaired) electrons. The number of Topliss-reactive ketones (excluding diaryl/α,β-unsaturated/α-hetero) is 1. The fraction of sp³-hybridized carbons (Fsp3) is 0.435. The fourth-order valence-electron chi connectivity index (χ4n) is 2.83. The maximum Gasteiger partial charge on any atom is 0.195 e. The molecule has 1 atom stereocenters. The van der Waals surface area contributed by atoms with Crippen molar-refractivity contribution in [1.29, 1.82) is 0 Å². The quantitative estimate of drug-likeness (QED) is 0.435. The van der Waals surface area contributed by atoms with Gasteiger partial charge in [0.2, 0.25) is 0 Å². The second kappa shape index (κ2) is 10.9. The lowest BCUT2D eigenvalue weighted by atomic mass is 9.78. The van der Waals surface area contributed by atoms with Gasteiger partial charge in [-0.15, -0.1) is 11.6 Å². The average molecular weight is 490 g/mol. The number of carbonyl (C=O) groups is 1. The highest BCUT2D eigenvalue weighted by Crippen LogP contribution is 2.41. The van der Waals surface area contributed by atoms with Crippen LogP contribution in [-0.2, 0) is 14.9 Å². The van der Waals surface area contributed by atoms with Crippen molar-refractivity contribution in [2.45, 2.75) is 31.8 Å². The summed E-state index contributed by atoms with van der Waals surface area (Å²) in [6.45, 7) is 5.61. The van der Waals surface area contributed by atoms with Gasteiger partial charge in [-0.05, 0) is 42.3 Å². The van der Waals surface area contributed by atoms with Crippen LogP contribution in [0.5, 0.6) is 11.5 Å². The summed E-state index contributed by atoms with van der Waals surface area (Å²) in [5.74, 6) is 0.784. The van der Waals surface area contributed by atoms with Gasteiger partial charge in [-0.25, -0.2) is 0 Å². The topological polar surface area (TPSA) is 65.0 Å². The number of aliphatic hydroxyl groups is 1. The first-order chi connectivity index (χ1) is 14.5. The highest BCUT2D eigenvalue weighted by atomic mass is 35.5. The summed E-state index contributed by atoms with van der Waals surface area (Å²) in [4.78, 5) is 11.5. The average Bonchev–Trinajstić information content (AvgIpc) is 2.72. The second-order valence-corrected chi connectivity index (χ2v) is 9.18. The molecule has 0 fully saturated rings. The van der Waals surface area contributed by atoms with Gasteiger partial charge in [-0.2, -0.15) is 0 Å². The van der Waals surface area contributed by atoms with Gasteiger partial charge in [0.15, 0.2) is 11.5 Å². The molecule has 0 heterocycles. The van der Waals surface area contributed by atoms with Crippen molar-refractivity contribution < 1.29 is 24.1 Å². The molecule has 5 nitrogen and oxygen atoms in total. The fourth-order valence-corrected chi connectivity index (χ4v) is 3.50. The van der Waals surface area contributed by atoms with E-state index in [0.717, 1.165) is 11.1 Å². The molecule has 31 heavy (non-hydrogen) atoms. The molecule has 2 aromatic rings. The highest BCUT2D eigenvalue weighted by molar-refractivity contribution is 6.37. The maximum atomic E-state index is 11.5. The summed E-state index contributed by atoms with van der Waals surface area (Å²) in [5, 5.41) is 10.7. The minimum Gasteiger partial charge on any atom is -0.487 e. The van der Waals surface area contributed by atoms with Crippen LogP contribution in [0.25, 0.3) is 0 Å². The Morgan fingerprint density at radius 1 is 0.968 bits per heavy atom. The number of rotatable bonds is 11. The Hall–Kier alpha value is -1.50. The van der Waals surface area contributed by atoms with Crippen LogP contribution in [0.1, 0.15) is 31.9 Å². The van der Waals surface area contributed by atoms with Crippen molar-refractivity contribution in [3.05, 3.63) is 57.6 Å². The zero-order valence-corrected chi connectivity index (χ0v) is 20.3. The first-order valence-corrected chi connectivity index (χ1v) is 10.9. The Morgan fingerprint density at radius 3 is 2.06 bits per heavy atom. The highest BCUT2D eigenvalue weighted by Gasteiger charge is 2.27. The van der Waals surface area contributed by atoms with Gasteiger partial charge in [0, 0.05) is 12.5 Å². The normalized spacial score (nSPS) is 13.5. The second-order valence-electron chi connectivity index (χ2n) is 8.10. The molecule has 0 bridgehead atoms. The van der Waals surface area contributed by atoms with Gasteiger partial charge in [0.1, 0.15) is 31.2 Å². The minimum atomic E-state index is -1.19. The molecule has 0 aliphatic carbocycles. The van der Waals surface area contributed by atoms with Crippen LogP contribution in [-0.4, -0.2) is 49.3 Å². The van der Waals surface area contributed by atoms with Gasteiger partial charge in [-0.1, -0.05) is 49.2 Å². The molecule has 0 saturated heterocycles. The smallest absolute Gasteiger partial charge is 0.195 e. The minimum absolute atomic E-state index is 0.0214. The van der Waals surface area contributed by atoms with Crippen LogP contribution < -0.4 is 9.47 Å². The maximum absolute atomic E-state index is 11.5. The zero-order chi connectivity index (χ0) is 23.2. The molecule has 170 valence electrons. The van der Waals surface area contributed by atoms with Gasteiger partial charge < -0.3 is 19.3 Å². The zero-order valence-electron chi connectivity index (χ0n) is 18.0. The van der Waals surface area contributed by atoms with E-state index in [1.54, 1.807) is 19.1 Å². The van der Waals surface area contributed by atoms with Crippen molar-refractivity contribution in [3.63, 3.8) is 0 Å². The van der Waals surface area contributed by atoms with E-state index in [1.165, 1.54) is 7.11 Å². The van der Waals surface area contributed by atoms with E-state index < -0.39 is 11.0 Å². The molecular weight excluding hydrogens is 463 g/mol. The van der Waals surface area contributed by atoms with Gasteiger partial charge >= 0.3 is 0 Å². The van der Waals surface area contributed by atoms with Crippen LogP contribution >= 0.6 is 34.8 Å². The summed E-state index contributed by atoms with van der Waals surface area (Å²) in [6, 6.07) is 11.1. The molecule has 0 spiro atoms. The van der Waals surface area contributed by atoms with Crippen LogP contribution in [0.3, 0.4) is 0 Å². The monoisotopic (exact) mass is 488 g/mol. The van der Waals surface area contributed by atoms with Gasteiger partial charge in [0.05, 0.1) is 15.9 Å². The largest absolute Gasteiger partial charge is 0.487 e. The number of benzene rings is 2. The molecule has 2 rings (SSSR count). The molecule has 0 aromatic heterocycles. The number of carbonyl (C=O) groups excluding carboxylic acids is 1. The van der Waals surface area contributed by atoms with Gasteiger partial charge in [-0.3, -0.25) is 4.79 Å². The lowest BCUT2D eigenvalue weighted by Gasteiger charge is -2.28. The molecule has 2 aromatic carbocycles. The number of hydrogen-bond donors (Lipinski definition) is 1. The molecule has 8 heteroatoms. The first kappa shape index (κ1) is 25.8. The summed E-state index contributed by atoms with van der Waals surface area (Å²) < 4.78 is 15.9. The summed E-state index contributed by atoms with van der Waals surface area (Å²) in [5.41, 5.74) is 0.291. The number of halogens is 3. The summed E-state index contributed by atoms with van der Waals surface area (Å²) >= 11 is 18.6. The van der Waals surface area contributed by atoms with E-state index in [9.17, 15) is 9.90 Å². The van der Waals surface area contributed by atoms with Crippen LogP contribution in [0, 0.1) is 0 Å². The Bertz CT molecular complexity index is 872. The van der Waals surface area contributed by atoms with E-state index in [0.29, 0.717) is 21.5 Å². The molecule has 0 aliphatic rings. The number of ether oxygens (including phenoxy) is 3. The Kier molecular flexibility index (Phi) is 9.04. The molecule has 0 aliphatic heterocycles. The number of alkyl halides is 1. The van der Waals surface area contributed by atoms with Crippen LogP contribution in [0.4, 0.5) is 0 Å². The van der Waals surface area contributed by atoms with Crippen molar-refractivity contribution in [2.75, 3.05) is 32.8 Å². The van der Waals surface area contributed by atoms with Crippen molar-refractivity contribution in [3.8, 4) is 11.5 Å². The number of hydrogen-bond acceptors (Lipinski definition) is 5. The first-order valence-electron chi connectivity index (χ1n) is 9.65. The SMILES string of the molecule is COCC(=O)COc1ccc(C(C)(C)c2cc(Cl)c(OC[C@@](C)(O)CCl)c(Cl)c2)cc1. The summed E-state index contributed by atoms with van der Waals surface area (Å²) in [7, 11) is 1.47. The van der Waals surface area contributed by atoms with E-state index in [2.05, 4.69) is 0 Å².